The molecule has 0 unspecified atom stereocenters. The second kappa shape index (κ2) is 15.3. The highest BCUT2D eigenvalue weighted by molar-refractivity contribution is 6.00. The lowest BCUT2D eigenvalue weighted by atomic mass is 9.86. The van der Waals surface area contributed by atoms with Gasteiger partial charge in [-0.25, -0.2) is 0 Å². The second-order valence-corrected chi connectivity index (χ2v) is 13.3. The lowest BCUT2D eigenvalue weighted by Gasteiger charge is -2.34. The molecular weight excluding hydrogens is 652 g/mol. The zero-order valence-corrected chi connectivity index (χ0v) is 28.6. The van der Waals surface area contributed by atoms with Crippen LogP contribution in [0.3, 0.4) is 0 Å². The van der Waals surface area contributed by atoms with Crippen molar-refractivity contribution in [1.29, 1.82) is 5.41 Å². The molecule has 1 heterocycles. The first-order valence-corrected chi connectivity index (χ1v) is 17.2. The van der Waals surface area contributed by atoms with Crippen molar-refractivity contribution in [2.24, 2.45) is 5.92 Å². The van der Waals surface area contributed by atoms with Crippen LogP contribution >= 0.6 is 0 Å². The van der Waals surface area contributed by atoms with Gasteiger partial charge >= 0.3 is 12.1 Å². The predicted molar refractivity (Wildman–Crippen MR) is 192 cm³/mol. The Morgan fingerprint density at radius 3 is 2.30 bits per heavy atom. The maximum atomic E-state index is 15.1. The van der Waals surface area contributed by atoms with Crippen molar-refractivity contribution in [3.05, 3.63) is 100 Å². The van der Waals surface area contributed by atoms with Gasteiger partial charge in [0.1, 0.15) is 0 Å². The highest BCUT2D eigenvalue weighted by Crippen LogP contribution is 2.49. The average Bonchev–Trinajstić information content (AvgIpc) is 3.27. The molecule has 0 amide bonds. The molecule has 2 aliphatic rings. The van der Waals surface area contributed by atoms with Crippen LogP contribution in [-0.2, 0) is 12.8 Å². The summed E-state index contributed by atoms with van der Waals surface area (Å²) in [6, 6.07) is 15.6. The van der Waals surface area contributed by atoms with Crippen molar-refractivity contribution >= 4 is 34.2 Å². The molecule has 1 saturated heterocycles. The summed E-state index contributed by atoms with van der Waals surface area (Å²) >= 11 is 0. The monoisotopic (exact) mass is 697 g/mol. The number of rotatable bonds is 12. The standard InChI is InChI=1S/C39H45F6N5/c1-4-26-22-28(10-13-30(26)24(2)3)49-19-18-48-23-25-16-20-50(21-17-25)29-11-8-27(9-12-29)35-32-14-15-34(46)36(37(40)47)31(32)6-5-7-33(35)38(41,42)39(43,44)45/h8-15,22,25,47-49H,2,4-7,16-21,23,46H2,1,3H3. The minimum absolute atomic E-state index is 0.00473. The first-order chi connectivity index (χ1) is 23.7. The molecule has 0 atom stereocenters. The van der Waals surface area contributed by atoms with E-state index >= 15 is 8.78 Å². The molecule has 0 spiro atoms. The zero-order valence-electron chi connectivity index (χ0n) is 28.6. The summed E-state index contributed by atoms with van der Waals surface area (Å²) in [4.78, 5) is 2.19. The summed E-state index contributed by atoms with van der Waals surface area (Å²) in [6.45, 7) is 12.3. The van der Waals surface area contributed by atoms with E-state index in [1.54, 1.807) is 24.3 Å². The molecule has 3 aromatic carbocycles. The van der Waals surface area contributed by atoms with E-state index in [-0.39, 0.29) is 46.4 Å². The van der Waals surface area contributed by atoms with Crippen molar-refractivity contribution < 1.29 is 26.3 Å². The molecule has 268 valence electrons. The van der Waals surface area contributed by atoms with E-state index in [1.807, 2.05) is 6.92 Å². The number of nitrogens with one attached hydrogen (secondary N) is 3. The molecule has 5 N–H and O–H groups in total. The van der Waals surface area contributed by atoms with Crippen LogP contribution in [0.4, 0.5) is 43.4 Å². The largest absolute Gasteiger partial charge is 0.457 e. The zero-order chi connectivity index (χ0) is 36.2. The van der Waals surface area contributed by atoms with Gasteiger partial charge in [-0.3, -0.25) is 5.41 Å². The van der Waals surface area contributed by atoms with Gasteiger partial charge in [-0.2, -0.15) is 26.3 Å². The molecular formula is C39H45F6N5. The van der Waals surface area contributed by atoms with Crippen molar-refractivity contribution in [3.63, 3.8) is 0 Å². The molecule has 1 aliphatic carbocycles. The number of anilines is 3. The van der Waals surface area contributed by atoms with Crippen LogP contribution in [0, 0.1) is 11.3 Å². The fourth-order valence-electron chi connectivity index (χ4n) is 7.21. The van der Waals surface area contributed by atoms with E-state index in [0.29, 0.717) is 5.92 Å². The number of fused-ring (bicyclic) bond motifs is 1. The van der Waals surface area contributed by atoms with Gasteiger partial charge in [-0.1, -0.05) is 43.3 Å². The van der Waals surface area contributed by atoms with E-state index in [0.717, 1.165) is 68.9 Å². The van der Waals surface area contributed by atoms with Gasteiger partial charge in [0.15, 0.2) is 0 Å². The number of piperidine rings is 1. The number of hydrogen-bond acceptors (Lipinski definition) is 5. The summed E-state index contributed by atoms with van der Waals surface area (Å²) in [6.07, 6.45) is -3.59. The van der Waals surface area contributed by atoms with Crippen LogP contribution in [0.1, 0.15) is 72.9 Å². The number of hydrogen-bond donors (Lipinski definition) is 4. The lowest BCUT2D eigenvalue weighted by Crippen LogP contribution is -2.39. The number of nitrogen functional groups attached to an aromatic ring is 1. The lowest BCUT2D eigenvalue weighted by molar-refractivity contribution is -0.264. The molecule has 50 heavy (non-hydrogen) atoms. The first kappa shape index (κ1) is 37.0. The van der Waals surface area contributed by atoms with Gasteiger partial charge in [0, 0.05) is 48.8 Å². The Labute approximate surface area is 290 Å². The Hall–Kier alpha value is -4.25. The first-order valence-electron chi connectivity index (χ1n) is 17.2. The number of nitrogens with zero attached hydrogens (tertiary/aromatic N) is 1. The van der Waals surface area contributed by atoms with E-state index < -0.39 is 30.1 Å². The van der Waals surface area contributed by atoms with Crippen molar-refractivity contribution in [2.75, 3.05) is 48.7 Å². The van der Waals surface area contributed by atoms with Crippen LogP contribution < -0.4 is 21.3 Å². The summed E-state index contributed by atoms with van der Waals surface area (Å²) in [7, 11) is 0. The predicted octanol–water partition coefficient (Wildman–Crippen LogP) is 9.41. The van der Waals surface area contributed by atoms with Gasteiger partial charge in [0.25, 0.3) is 0 Å². The highest BCUT2D eigenvalue weighted by atomic mass is 19.4. The van der Waals surface area contributed by atoms with Crippen LogP contribution in [0.15, 0.2) is 66.7 Å². The minimum Gasteiger partial charge on any atom is -0.398 e. The maximum Gasteiger partial charge on any atom is 0.457 e. The van der Waals surface area contributed by atoms with Crippen LogP contribution in [0.2, 0.25) is 0 Å². The van der Waals surface area contributed by atoms with Crippen molar-refractivity contribution in [3.8, 4) is 0 Å². The number of alkyl halides is 5. The minimum atomic E-state index is -5.81. The van der Waals surface area contributed by atoms with Gasteiger partial charge in [-0.05, 0) is 122 Å². The highest BCUT2D eigenvalue weighted by Gasteiger charge is 2.60. The molecule has 0 radical (unpaired) electrons. The normalized spacial score (nSPS) is 15.9. The third-order valence-electron chi connectivity index (χ3n) is 9.87. The molecule has 3 aromatic rings. The third kappa shape index (κ3) is 7.88. The van der Waals surface area contributed by atoms with E-state index in [4.69, 9.17) is 11.1 Å². The quantitative estimate of drug-likeness (QED) is 0.0659. The van der Waals surface area contributed by atoms with Gasteiger partial charge < -0.3 is 21.3 Å². The number of halogens is 6. The Balaban J connectivity index is 1.24. The van der Waals surface area contributed by atoms with Gasteiger partial charge in [0.2, 0.25) is 5.97 Å². The third-order valence-corrected chi connectivity index (χ3v) is 9.87. The molecule has 1 fully saturated rings. The van der Waals surface area contributed by atoms with Crippen molar-refractivity contribution in [2.45, 2.75) is 64.5 Å². The molecule has 5 nitrogen and oxygen atoms in total. The summed E-state index contributed by atoms with van der Waals surface area (Å²) in [5, 5.41) is 14.6. The fourth-order valence-corrected chi connectivity index (χ4v) is 7.21. The fraction of sp³-hybridized carbons (Fsp3) is 0.410. The summed E-state index contributed by atoms with van der Waals surface area (Å²) < 4.78 is 85.8. The molecule has 0 bridgehead atoms. The van der Waals surface area contributed by atoms with Gasteiger partial charge in [-0.15, -0.1) is 0 Å². The Morgan fingerprint density at radius 1 is 0.980 bits per heavy atom. The average molecular weight is 698 g/mol. The number of nitrogens with two attached hydrogens (primary N) is 1. The summed E-state index contributed by atoms with van der Waals surface area (Å²) in [5.74, 6) is -5.97. The van der Waals surface area contributed by atoms with Crippen LogP contribution in [-0.4, -0.2) is 50.8 Å². The number of aryl methyl sites for hydroxylation is 1. The van der Waals surface area contributed by atoms with E-state index in [2.05, 4.69) is 47.2 Å². The Bertz CT molecular complexity index is 1740. The smallest absolute Gasteiger partial charge is 0.398 e. The van der Waals surface area contributed by atoms with E-state index in [1.165, 1.54) is 23.3 Å². The van der Waals surface area contributed by atoms with Crippen LogP contribution in [0.25, 0.3) is 11.1 Å². The van der Waals surface area contributed by atoms with E-state index in [9.17, 15) is 17.6 Å². The number of benzene rings is 3. The molecule has 5 rings (SSSR count). The SMILES string of the molecule is C=C(C)c1ccc(NCCNCC2CCN(c3ccc(C4=C(C(F)(F)C(F)(F)F)CCCc5c4ccc(N)c5C(=N)F)cc3)CC2)cc1CC. The topological polar surface area (TPSA) is 77.2 Å². The van der Waals surface area contributed by atoms with Crippen LogP contribution in [0.5, 0.6) is 0 Å². The Morgan fingerprint density at radius 2 is 1.68 bits per heavy atom. The molecule has 0 aromatic heterocycles. The number of allylic oxidation sites excluding steroid dienone is 2. The maximum absolute atomic E-state index is 15.1. The molecule has 1 aliphatic heterocycles. The van der Waals surface area contributed by atoms with Gasteiger partial charge in [0.05, 0.1) is 5.56 Å². The second-order valence-electron chi connectivity index (χ2n) is 13.3. The Kier molecular flexibility index (Phi) is 11.3. The van der Waals surface area contributed by atoms with Crippen molar-refractivity contribution in [1.82, 2.24) is 5.32 Å². The summed E-state index contributed by atoms with van der Waals surface area (Å²) in [5.41, 5.74) is 10.1. The molecule has 11 heteroatoms. The molecule has 0 saturated carbocycles.